The Kier molecular flexibility index (Phi) is 5.11. The van der Waals surface area contributed by atoms with E-state index < -0.39 is 17.5 Å². The molecule has 2 aliphatic heterocycles. The first kappa shape index (κ1) is 18.6. The van der Waals surface area contributed by atoms with Crippen LogP contribution in [0.4, 0.5) is 14.5 Å². The van der Waals surface area contributed by atoms with Gasteiger partial charge in [0.25, 0.3) is 11.8 Å². The summed E-state index contributed by atoms with van der Waals surface area (Å²) in [6.45, 7) is 2.03. The molecule has 1 aromatic carbocycles. The monoisotopic (exact) mass is 388 g/mol. The maximum atomic E-state index is 13.4. The maximum Gasteiger partial charge on any atom is 0.291 e. The highest BCUT2D eigenvalue weighted by atomic mass is 19.2. The molecule has 0 radical (unpaired) electrons. The molecule has 0 unspecified atom stereocenters. The Bertz CT molecular complexity index is 919. The Labute approximate surface area is 161 Å². The SMILES string of the molecule is O=C(Nc1ccc(F)c(F)c1)c1nc(C(=O)N2CCCCC2)c2n1CCCC2. The summed E-state index contributed by atoms with van der Waals surface area (Å²) >= 11 is 0. The second kappa shape index (κ2) is 7.69. The lowest BCUT2D eigenvalue weighted by Gasteiger charge is -2.26. The van der Waals surface area contributed by atoms with Gasteiger partial charge in [-0.2, -0.15) is 0 Å². The highest BCUT2D eigenvalue weighted by Crippen LogP contribution is 2.24. The lowest BCUT2D eigenvalue weighted by molar-refractivity contribution is 0.0717. The number of amides is 2. The first-order valence-corrected chi connectivity index (χ1v) is 9.69. The fourth-order valence-corrected chi connectivity index (χ4v) is 3.90. The average molecular weight is 388 g/mol. The molecule has 148 valence electrons. The summed E-state index contributed by atoms with van der Waals surface area (Å²) in [6.07, 6.45) is 5.60. The van der Waals surface area contributed by atoms with E-state index in [2.05, 4.69) is 10.3 Å². The fraction of sp³-hybridized carbons (Fsp3) is 0.450. The van der Waals surface area contributed by atoms with Gasteiger partial charge in [-0.05, 0) is 50.7 Å². The molecule has 2 aromatic rings. The average Bonchev–Trinajstić information content (AvgIpc) is 3.11. The number of likely N-dealkylation sites (tertiary alicyclic amines) is 1. The van der Waals surface area contributed by atoms with Crippen LogP contribution in [0.2, 0.25) is 0 Å². The molecule has 0 bridgehead atoms. The number of carbonyl (C=O) groups is 2. The minimum Gasteiger partial charge on any atom is -0.337 e. The van der Waals surface area contributed by atoms with Gasteiger partial charge in [-0.15, -0.1) is 0 Å². The van der Waals surface area contributed by atoms with E-state index in [0.29, 0.717) is 31.7 Å². The highest BCUT2D eigenvalue weighted by Gasteiger charge is 2.30. The lowest BCUT2D eigenvalue weighted by Crippen LogP contribution is -2.36. The number of benzene rings is 1. The maximum absolute atomic E-state index is 13.4. The van der Waals surface area contributed by atoms with Crippen molar-refractivity contribution >= 4 is 17.5 Å². The van der Waals surface area contributed by atoms with E-state index in [1.165, 1.54) is 6.07 Å². The number of carbonyl (C=O) groups excluding carboxylic acids is 2. The first-order chi connectivity index (χ1) is 13.5. The molecule has 0 aliphatic carbocycles. The van der Waals surface area contributed by atoms with Crippen LogP contribution < -0.4 is 5.32 Å². The summed E-state index contributed by atoms with van der Waals surface area (Å²) in [5.74, 6) is -2.54. The molecule has 1 saturated heterocycles. The minimum atomic E-state index is -1.04. The van der Waals surface area contributed by atoms with E-state index in [-0.39, 0.29) is 17.4 Å². The molecule has 28 heavy (non-hydrogen) atoms. The van der Waals surface area contributed by atoms with E-state index >= 15 is 0 Å². The van der Waals surface area contributed by atoms with E-state index in [4.69, 9.17) is 0 Å². The Hall–Kier alpha value is -2.77. The number of hydrogen-bond acceptors (Lipinski definition) is 3. The third kappa shape index (κ3) is 3.50. The van der Waals surface area contributed by atoms with Crippen LogP contribution in [-0.4, -0.2) is 39.4 Å². The molecule has 1 fully saturated rings. The largest absolute Gasteiger partial charge is 0.337 e. The number of halogens is 2. The van der Waals surface area contributed by atoms with Crippen LogP contribution in [0.15, 0.2) is 18.2 Å². The molecule has 8 heteroatoms. The van der Waals surface area contributed by atoms with Crippen LogP contribution in [0.3, 0.4) is 0 Å². The van der Waals surface area contributed by atoms with Crippen LogP contribution in [0.1, 0.15) is 58.9 Å². The number of anilines is 1. The molecule has 0 saturated carbocycles. The summed E-state index contributed by atoms with van der Waals surface area (Å²) < 4.78 is 28.3. The van der Waals surface area contributed by atoms with Crippen molar-refractivity contribution in [1.82, 2.24) is 14.5 Å². The van der Waals surface area contributed by atoms with E-state index in [1.807, 2.05) is 0 Å². The highest BCUT2D eigenvalue weighted by molar-refractivity contribution is 6.03. The third-order valence-corrected chi connectivity index (χ3v) is 5.34. The lowest BCUT2D eigenvalue weighted by atomic mass is 10.1. The zero-order valence-corrected chi connectivity index (χ0v) is 15.5. The van der Waals surface area contributed by atoms with Gasteiger partial charge in [0.2, 0.25) is 0 Å². The van der Waals surface area contributed by atoms with Crippen LogP contribution in [0.5, 0.6) is 0 Å². The predicted molar refractivity (Wildman–Crippen MR) is 99.2 cm³/mol. The van der Waals surface area contributed by atoms with Crippen molar-refractivity contribution in [1.29, 1.82) is 0 Å². The number of imidazole rings is 1. The van der Waals surface area contributed by atoms with Crippen LogP contribution in [-0.2, 0) is 13.0 Å². The van der Waals surface area contributed by atoms with Crippen LogP contribution in [0.25, 0.3) is 0 Å². The molecule has 0 atom stereocenters. The number of rotatable bonds is 3. The van der Waals surface area contributed by atoms with Crippen molar-refractivity contribution in [3.63, 3.8) is 0 Å². The zero-order valence-electron chi connectivity index (χ0n) is 15.5. The zero-order chi connectivity index (χ0) is 19.7. The fourth-order valence-electron chi connectivity index (χ4n) is 3.90. The molecule has 1 aromatic heterocycles. The topological polar surface area (TPSA) is 67.2 Å². The number of nitrogens with zero attached hydrogens (tertiary/aromatic N) is 3. The summed E-state index contributed by atoms with van der Waals surface area (Å²) in [5.41, 5.74) is 1.27. The molecule has 0 spiro atoms. The number of hydrogen-bond donors (Lipinski definition) is 1. The van der Waals surface area contributed by atoms with Gasteiger partial charge in [0, 0.05) is 31.4 Å². The number of nitrogens with one attached hydrogen (secondary N) is 1. The molecule has 6 nitrogen and oxygen atoms in total. The van der Waals surface area contributed by atoms with E-state index in [9.17, 15) is 18.4 Å². The van der Waals surface area contributed by atoms with Gasteiger partial charge >= 0.3 is 0 Å². The summed E-state index contributed by atoms with van der Waals surface area (Å²) in [4.78, 5) is 31.9. The predicted octanol–water partition coefficient (Wildman–Crippen LogP) is 3.38. The van der Waals surface area contributed by atoms with Gasteiger partial charge < -0.3 is 14.8 Å². The third-order valence-electron chi connectivity index (χ3n) is 5.34. The Morgan fingerprint density at radius 1 is 0.964 bits per heavy atom. The molecule has 4 rings (SSSR count). The molecular formula is C20H22F2N4O2. The quantitative estimate of drug-likeness (QED) is 0.877. The van der Waals surface area contributed by atoms with Crippen molar-refractivity contribution in [2.45, 2.75) is 45.1 Å². The normalized spacial score (nSPS) is 16.6. The van der Waals surface area contributed by atoms with Gasteiger partial charge in [0.1, 0.15) is 5.69 Å². The van der Waals surface area contributed by atoms with Crippen LogP contribution >= 0.6 is 0 Å². The second-order valence-corrected chi connectivity index (χ2v) is 7.28. The molecule has 2 aliphatic rings. The first-order valence-electron chi connectivity index (χ1n) is 9.69. The van der Waals surface area contributed by atoms with E-state index in [1.54, 1.807) is 9.47 Å². The molecule has 3 heterocycles. The van der Waals surface area contributed by atoms with Crippen molar-refractivity contribution in [2.24, 2.45) is 0 Å². The van der Waals surface area contributed by atoms with Gasteiger partial charge in [-0.1, -0.05) is 0 Å². The Morgan fingerprint density at radius 3 is 2.46 bits per heavy atom. The van der Waals surface area contributed by atoms with Gasteiger partial charge in [-0.25, -0.2) is 13.8 Å². The minimum absolute atomic E-state index is 0.128. The molecule has 2 amide bonds. The second-order valence-electron chi connectivity index (χ2n) is 7.28. The van der Waals surface area contributed by atoms with Crippen molar-refractivity contribution in [2.75, 3.05) is 18.4 Å². The van der Waals surface area contributed by atoms with Crippen molar-refractivity contribution in [3.05, 3.63) is 47.0 Å². The summed E-state index contributed by atoms with van der Waals surface area (Å²) in [5, 5.41) is 2.55. The van der Waals surface area contributed by atoms with Crippen molar-refractivity contribution in [3.8, 4) is 0 Å². The van der Waals surface area contributed by atoms with Gasteiger partial charge in [-0.3, -0.25) is 9.59 Å². The van der Waals surface area contributed by atoms with Gasteiger partial charge in [0.05, 0.1) is 5.69 Å². The molecule has 1 N–H and O–H groups in total. The van der Waals surface area contributed by atoms with Crippen LogP contribution in [0, 0.1) is 11.6 Å². The number of piperidine rings is 1. The summed E-state index contributed by atoms with van der Waals surface area (Å²) in [7, 11) is 0. The van der Waals surface area contributed by atoms with E-state index in [0.717, 1.165) is 49.9 Å². The smallest absolute Gasteiger partial charge is 0.291 e. The molecular weight excluding hydrogens is 366 g/mol. The Morgan fingerprint density at radius 2 is 1.71 bits per heavy atom. The number of aromatic nitrogens is 2. The van der Waals surface area contributed by atoms with Crippen molar-refractivity contribution < 1.29 is 18.4 Å². The summed E-state index contributed by atoms with van der Waals surface area (Å²) in [6, 6.07) is 3.17. The standard InChI is InChI=1S/C20H22F2N4O2/c21-14-8-7-13(12-15(14)22)23-19(27)18-24-17(16-6-2-5-11-26(16)18)20(28)25-9-3-1-4-10-25/h7-8,12H,1-6,9-11H2,(H,23,27). The number of fused-ring (bicyclic) bond motifs is 1. The van der Waals surface area contributed by atoms with Gasteiger partial charge in [0.15, 0.2) is 17.5 Å². The Balaban J connectivity index is 1.63.